The molecule has 0 aliphatic heterocycles. The van der Waals surface area contributed by atoms with Crippen molar-refractivity contribution in [2.24, 2.45) is 11.8 Å². The Bertz CT molecular complexity index is 654. The average molecular weight is 309 g/mol. The van der Waals surface area contributed by atoms with Crippen LogP contribution in [0.1, 0.15) is 36.8 Å². The Kier molecular flexibility index (Phi) is 3.74. The van der Waals surface area contributed by atoms with Gasteiger partial charge in [0.1, 0.15) is 5.75 Å². The van der Waals surface area contributed by atoms with E-state index in [0.29, 0.717) is 10.8 Å². The zero-order valence-corrected chi connectivity index (χ0v) is 13.7. The van der Waals surface area contributed by atoms with Crippen molar-refractivity contribution < 1.29 is 13.2 Å². The van der Waals surface area contributed by atoms with E-state index in [4.69, 9.17) is 4.74 Å². The van der Waals surface area contributed by atoms with Crippen molar-refractivity contribution in [1.82, 2.24) is 4.72 Å². The number of hydrogen-bond acceptors (Lipinski definition) is 3. The molecule has 0 heterocycles. The van der Waals surface area contributed by atoms with Crippen molar-refractivity contribution in [3.63, 3.8) is 0 Å². The zero-order chi connectivity index (χ0) is 15.2. The third kappa shape index (κ3) is 2.57. The molecule has 21 heavy (non-hydrogen) atoms. The highest BCUT2D eigenvalue weighted by molar-refractivity contribution is 7.89. The molecule has 1 aromatic carbocycles. The van der Waals surface area contributed by atoms with Gasteiger partial charge >= 0.3 is 0 Å². The number of sulfonamides is 1. The molecule has 1 N–H and O–H groups in total. The smallest absolute Gasteiger partial charge is 0.241 e. The van der Waals surface area contributed by atoms with Crippen LogP contribution in [0, 0.1) is 25.7 Å². The molecule has 3 rings (SSSR count). The van der Waals surface area contributed by atoms with Gasteiger partial charge in [0.25, 0.3) is 0 Å². The van der Waals surface area contributed by atoms with Crippen LogP contribution in [0.25, 0.3) is 0 Å². The lowest BCUT2D eigenvalue weighted by Crippen LogP contribution is -2.38. The largest absolute Gasteiger partial charge is 0.496 e. The molecule has 116 valence electrons. The van der Waals surface area contributed by atoms with Crippen molar-refractivity contribution >= 4 is 10.0 Å². The van der Waals surface area contributed by atoms with E-state index in [0.717, 1.165) is 29.2 Å². The van der Waals surface area contributed by atoms with E-state index >= 15 is 0 Å². The summed E-state index contributed by atoms with van der Waals surface area (Å²) in [5.41, 5.74) is 1.65. The fourth-order valence-electron chi connectivity index (χ4n) is 3.94. The number of hydrogen-bond donors (Lipinski definition) is 1. The van der Waals surface area contributed by atoms with E-state index in [1.165, 1.54) is 19.3 Å². The minimum atomic E-state index is -3.45. The maximum Gasteiger partial charge on any atom is 0.241 e. The molecule has 0 unspecified atom stereocenters. The molecule has 2 bridgehead atoms. The summed E-state index contributed by atoms with van der Waals surface area (Å²) in [6, 6.07) is 3.50. The number of fused-ring (bicyclic) bond motifs is 2. The Morgan fingerprint density at radius 1 is 1.14 bits per heavy atom. The second-order valence-electron chi connectivity index (χ2n) is 6.42. The van der Waals surface area contributed by atoms with Crippen LogP contribution in [0.2, 0.25) is 0 Å². The number of rotatable bonds is 4. The fourth-order valence-corrected chi connectivity index (χ4v) is 5.55. The SMILES string of the molecule is COc1ccc(S(=O)(=O)N[C@@H]2C[C@H]3CC[C@H]2C3)c(C)c1C. The number of nitrogens with one attached hydrogen (secondary N) is 1. The van der Waals surface area contributed by atoms with Crippen molar-refractivity contribution in [3.8, 4) is 5.75 Å². The van der Waals surface area contributed by atoms with Gasteiger partial charge in [-0.2, -0.15) is 0 Å². The van der Waals surface area contributed by atoms with Crippen LogP contribution in [0.15, 0.2) is 17.0 Å². The van der Waals surface area contributed by atoms with Crippen molar-refractivity contribution in [2.45, 2.75) is 50.5 Å². The monoisotopic (exact) mass is 309 g/mol. The molecule has 5 heteroatoms. The highest BCUT2D eigenvalue weighted by Gasteiger charge is 2.41. The second-order valence-corrected chi connectivity index (χ2v) is 8.10. The maximum absolute atomic E-state index is 12.7. The predicted molar refractivity (Wildman–Crippen MR) is 82.0 cm³/mol. The molecule has 0 saturated heterocycles. The molecule has 2 fully saturated rings. The van der Waals surface area contributed by atoms with Gasteiger partial charge in [0, 0.05) is 6.04 Å². The Morgan fingerprint density at radius 2 is 1.90 bits per heavy atom. The summed E-state index contributed by atoms with van der Waals surface area (Å²) in [7, 11) is -1.85. The maximum atomic E-state index is 12.7. The van der Waals surface area contributed by atoms with Crippen LogP contribution in [0.5, 0.6) is 5.75 Å². The Balaban J connectivity index is 1.87. The minimum absolute atomic E-state index is 0.121. The lowest BCUT2D eigenvalue weighted by molar-refractivity contribution is 0.390. The first-order chi connectivity index (χ1) is 9.92. The molecule has 2 saturated carbocycles. The van der Waals surface area contributed by atoms with Gasteiger partial charge in [-0.3, -0.25) is 0 Å². The van der Waals surface area contributed by atoms with Crippen molar-refractivity contribution in [2.75, 3.05) is 7.11 Å². The van der Waals surface area contributed by atoms with Gasteiger partial charge in [0.15, 0.2) is 0 Å². The first-order valence-corrected chi connectivity index (χ1v) is 9.07. The third-order valence-corrected chi connectivity index (χ3v) is 6.88. The van der Waals surface area contributed by atoms with Gasteiger partial charge < -0.3 is 4.74 Å². The molecule has 2 aliphatic rings. The normalized spacial score (nSPS) is 28.0. The van der Waals surface area contributed by atoms with E-state index in [2.05, 4.69) is 4.72 Å². The third-order valence-electron chi connectivity index (χ3n) is 5.24. The molecule has 0 aromatic heterocycles. The van der Waals surface area contributed by atoms with Crippen LogP contribution in [0.4, 0.5) is 0 Å². The predicted octanol–water partition coefficient (Wildman–Crippen LogP) is 2.78. The number of methoxy groups -OCH3 is 1. The minimum Gasteiger partial charge on any atom is -0.496 e. The summed E-state index contributed by atoms with van der Waals surface area (Å²) in [6.45, 7) is 3.73. The molecule has 2 aliphatic carbocycles. The quantitative estimate of drug-likeness (QED) is 0.930. The fraction of sp³-hybridized carbons (Fsp3) is 0.625. The first-order valence-electron chi connectivity index (χ1n) is 7.59. The average Bonchev–Trinajstić information content (AvgIpc) is 3.03. The first kappa shape index (κ1) is 14.9. The summed E-state index contributed by atoms with van der Waals surface area (Å²) >= 11 is 0. The van der Waals surface area contributed by atoms with Gasteiger partial charge in [-0.15, -0.1) is 0 Å². The van der Waals surface area contributed by atoms with Gasteiger partial charge in [-0.1, -0.05) is 6.42 Å². The molecule has 0 amide bonds. The topological polar surface area (TPSA) is 55.4 Å². The summed E-state index contributed by atoms with van der Waals surface area (Å²) in [4.78, 5) is 0.378. The lowest BCUT2D eigenvalue weighted by atomic mass is 9.96. The molecule has 3 atom stereocenters. The molecule has 0 spiro atoms. The summed E-state index contributed by atoms with van der Waals surface area (Å²) in [5, 5.41) is 0. The standard InChI is InChI=1S/C16H23NO3S/c1-10-11(2)16(7-6-15(10)20-3)21(18,19)17-14-9-12-4-5-13(14)8-12/h6-7,12-14,17H,4-5,8-9H2,1-3H3/t12-,13-,14+/m0/s1. The van der Waals surface area contributed by atoms with Crippen LogP contribution in [0.3, 0.4) is 0 Å². The van der Waals surface area contributed by atoms with Crippen molar-refractivity contribution in [1.29, 1.82) is 0 Å². The molecular formula is C16H23NO3S. The highest BCUT2D eigenvalue weighted by Crippen LogP contribution is 2.45. The Morgan fingerprint density at radius 3 is 2.48 bits per heavy atom. The van der Waals surface area contributed by atoms with Crippen molar-refractivity contribution in [3.05, 3.63) is 23.3 Å². The second kappa shape index (κ2) is 5.29. The van der Waals surface area contributed by atoms with Crippen LogP contribution in [-0.2, 0) is 10.0 Å². The highest BCUT2D eigenvalue weighted by atomic mass is 32.2. The van der Waals surface area contributed by atoms with Crippen LogP contribution < -0.4 is 9.46 Å². The lowest BCUT2D eigenvalue weighted by Gasteiger charge is -2.23. The zero-order valence-electron chi connectivity index (χ0n) is 12.8. The van der Waals surface area contributed by atoms with Gasteiger partial charge in [0.2, 0.25) is 10.0 Å². The van der Waals surface area contributed by atoms with E-state index in [1.54, 1.807) is 19.2 Å². The molecule has 0 radical (unpaired) electrons. The number of benzene rings is 1. The molecule has 1 aromatic rings. The molecular weight excluding hydrogens is 286 g/mol. The van der Waals surface area contributed by atoms with E-state index in [1.807, 2.05) is 13.8 Å². The number of ether oxygens (including phenoxy) is 1. The van der Waals surface area contributed by atoms with E-state index in [-0.39, 0.29) is 6.04 Å². The molecule has 4 nitrogen and oxygen atoms in total. The van der Waals surface area contributed by atoms with Gasteiger partial charge in [-0.25, -0.2) is 13.1 Å². The van der Waals surface area contributed by atoms with Crippen LogP contribution >= 0.6 is 0 Å². The van der Waals surface area contributed by atoms with E-state index < -0.39 is 10.0 Å². The summed E-state index contributed by atoms with van der Waals surface area (Å²) in [5.74, 6) is 1.98. The van der Waals surface area contributed by atoms with Gasteiger partial charge in [0.05, 0.1) is 12.0 Å². The summed E-state index contributed by atoms with van der Waals surface area (Å²) in [6.07, 6.45) is 4.62. The summed E-state index contributed by atoms with van der Waals surface area (Å²) < 4.78 is 33.6. The van der Waals surface area contributed by atoms with Crippen LogP contribution in [-0.4, -0.2) is 21.6 Å². The van der Waals surface area contributed by atoms with E-state index in [9.17, 15) is 8.42 Å². The Labute approximate surface area is 126 Å². The van der Waals surface area contributed by atoms with Gasteiger partial charge in [-0.05, 0) is 68.2 Å². The Hall–Kier alpha value is -1.07.